The summed E-state index contributed by atoms with van der Waals surface area (Å²) in [5.74, 6) is 0.680. The fraction of sp³-hybridized carbons (Fsp3) is 0.667. The van der Waals surface area contributed by atoms with Gasteiger partial charge in [-0.3, -0.25) is 9.89 Å². The fourth-order valence-electron chi connectivity index (χ4n) is 1.06. The maximum absolute atomic E-state index is 11.3. The second-order valence-corrected chi connectivity index (χ2v) is 3.57. The average molecular weight is 211 g/mol. The van der Waals surface area contributed by atoms with Crippen molar-refractivity contribution in [1.29, 1.82) is 0 Å². The smallest absolute Gasteiger partial charge is 0.221 e. The molecule has 0 saturated carbocycles. The quantitative estimate of drug-likeness (QED) is 0.609. The number of nitrogens with one attached hydrogen (secondary N) is 3. The van der Waals surface area contributed by atoms with E-state index in [-0.39, 0.29) is 5.91 Å². The molecule has 0 aromatic carbocycles. The van der Waals surface area contributed by atoms with Crippen molar-refractivity contribution < 1.29 is 4.79 Å². The molecule has 0 spiro atoms. The molecule has 84 valence electrons. The molecular formula is C9H17N5O. The number of H-pyrrole nitrogens is 1. The van der Waals surface area contributed by atoms with Crippen LogP contribution in [0.4, 0.5) is 0 Å². The van der Waals surface area contributed by atoms with Gasteiger partial charge in [-0.05, 0) is 0 Å². The molecule has 6 nitrogen and oxygen atoms in total. The standard InChI is InChI=1S/C9H17N5O/c1-7(2)10-4-3-9(15)11-5-8-12-6-13-14-8/h6-7,10H,3-5H2,1-2H3,(H,11,15)(H,12,13,14). The highest BCUT2D eigenvalue weighted by Gasteiger charge is 2.02. The van der Waals surface area contributed by atoms with Crippen LogP contribution in [0.2, 0.25) is 0 Å². The number of aromatic nitrogens is 3. The van der Waals surface area contributed by atoms with E-state index < -0.39 is 0 Å². The molecule has 1 amide bonds. The van der Waals surface area contributed by atoms with Gasteiger partial charge in [-0.15, -0.1) is 0 Å². The van der Waals surface area contributed by atoms with E-state index in [0.717, 1.165) is 0 Å². The maximum atomic E-state index is 11.3. The largest absolute Gasteiger partial charge is 0.349 e. The van der Waals surface area contributed by atoms with Crippen LogP contribution in [0.1, 0.15) is 26.1 Å². The van der Waals surface area contributed by atoms with Crippen LogP contribution >= 0.6 is 0 Å². The number of carbonyl (C=O) groups is 1. The molecule has 0 unspecified atom stereocenters. The lowest BCUT2D eigenvalue weighted by atomic mass is 10.3. The maximum Gasteiger partial charge on any atom is 0.221 e. The van der Waals surface area contributed by atoms with Crippen LogP contribution in [0.5, 0.6) is 0 Å². The van der Waals surface area contributed by atoms with Crippen LogP contribution in [0, 0.1) is 0 Å². The average Bonchev–Trinajstić information content (AvgIpc) is 2.66. The Morgan fingerprint density at radius 2 is 2.40 bits per heavy atom. The minimum atomic E-state index is 0.0135. The monoisotopic (exact) mass is 211 g/mol. The first kappa shape index (κ1) is 11.6. The second-order valence-electron chi connectivity index (χ2n) is 3.57. The molecule has 0 saturated heterocycles. The summed E-state index contributed by atoms with van der Waals surface area (Å²) in [5.41, 5.74) is 0. The summed E-state index contributed by atoms with van der Waals surface area (Å²) in [6, 6.07) is 0.409. The fourth-order valence-corrected chi connectivity index (χ4v) is 1.06. The summed E-state index contributed by atoms with van der Waals surface area (Å²) in [6.07, 6.45) is 1.90. The lowest BCUT2D eigenvalue weighted by Gasteiger charge is -2.07. The van der Waals surface area contributed by atoms with Crippen LogP contribution in [-0.4, -0.2) is 33.7 Å². The third kappa shape index (κ3) is 5.11. The van der Waals surface area contributed by atoms with Gasteiger partial charge in [0, 0.05) is 19.0 Å². The van der Waals surface area contributed by atoms with Gasteiger partial charge in [0.2, 0.25) is 5.91 Å². The van der Waals surface area contributed by atoms with Crippen molar-refractivity contribution in [2.24, 2.45) is 0 Å². The van der Waals surface area contributed by atoms with E-state index in [4.69, 9.17) is 0 Å². The van der Waals surface area contributed by atoms with Gasteiger partial charge in [0.25, 0.3) is 0 Å². The topological polar surface area (TPSA) is 82.7 Å². The van der Waals surface area contributed by atoms with E-state index in [9.17, 15) is 4.79 Å². The highest BCUT2D eigenvalue weighted by Crippen LogP contribution is 1.86. The van der Waals surface area contributed by atoms with Crippen molar-refractivity contribution in [2.75, 3.05) is 6.54 Å². The second kappa shape index (κ2) is 6.13. The normalized spacial score (nSPS) is 10.6. The van der Waals surface area contributed by atoms with Crippen LogP contribution in [-0.2, 0) is 11.3 Å². The zero-order chi connectivity index (χ0) is 11.1. The Balaban J connectivity index is 2.09. The summed E-state index contributed by atoms with van der Waals surface area (Å²) in [6.45, 7) is 5.19. The lowest BCUT2D eigenvalue weighted by Crippen LogP contribution is -2.30. The Morgan fingerprint density at radius 1 is 1.60 bits per heavy atom. The van der Waals surface area contributed by atoms with E-state index in [1.807, 2.05) is 13.8 Å². The van der Waals surface area contributed by atoms with E-state index in [0.29, 0.717) is 31.4 Å². The summed E-state index contributed by atoms with van der Waals surface area (Å²) < 4.78 is 0. The molecule has 0 atom stereocenters. The van der Waals surface area contributed by atoms with Crippen molar-refractivity contribution in [2.45, 2.75) is 32.9 Å². The molecule has 0 aliphatic heterocycles. The Bertz CT molecular complexity index is 283. The SMILES string of the molecule is CC(C)NCCC(=O)NCc1ncn[nH]1. The Labute approximate surface area is 88.9 Å². The molecule has 0 bridgehead atoms. The zero-order valence-electron chi connectivity index (χ0n) is 9.08. The molecule has 0 radical (unpaired) electrons. The first-order valence-corrected chi connectivity index (χ1v) is 5.03. The van der Waals surface area contributed by atoms with Crippen LogP contribution in [0.3, 0.4) is 0 Å². The number of rotatable bonds is 6. The minimum Gasteiger partial charge on any atom is -0.349 e. The summed E-state index contributed by atoms with van der Waals surface area (Å²) in [4.78, 5) is 15.2. The van der Waals surface area contributed by atoms with Crippen molar-refractivity contribution in [3.63, 3.8) is 0 Å². The van der Waals surface area contributed by atoms with Gasteiger partial charge >= 0.3 is 0 Å². The predicted octanol–water partition coefficient (Wildman–Crippen LogP) is -0.191. The van der Waals surface area contributed by atoms with Gasteiger partial charge in [-0.2, -0.15) is 5.10 Å². The van der Waals surface area contributed by atoms with Gasteiger partial charge in [0.1, 0.15) is 12.2 Å². The molecule has 0 aliphatic carbocycles. The number of amides is 1. The third-order valence-electron chi connectivity index (χ3n) is 1.82. The highest BCUT2D eigenvalue weighted by molar-refractivity contribution is 5.75. The first-order valence-electron chi connectivity index (χ1n) is 5.03. The molecule has 15 heavy (non-hydrogen) atoms. The molecule has 1 aromatic heterocycles. The molecular weight excluding hydrogens is 194 g/mol. The van der Waals surface area contributed by atoms with Crippen LogP contribution < -0.4 is 10.6 Å². The zero-order valence-corrected chi connectivity index (χ0v) is 9.08. The summed E-state index contributed by atoms with van der Waals surface area (Å²) in [5, 5.41) is 12.3. The van der Waals surface area contributed by atoms with Crippen molar-refractivity contribution in [1.82, 2.24) is 25.8 Å². The Hall–Kier alpha value is -1.43. The van der Waals surface area contributed by atoms with E-state index >= 15 is 0 Å². The first-order chi connectivity index (χ1) is 7.18. The van der Waals surface area contributed by atoms with Gasteiger partial charge in [0.05, 0.1) is 6.54 Å². The Kier molecular flexibility index (Phi) is 4.76. The number of nitrogens with zero attached hydrogens (tertiary/aromatic N) is 2. The van der Waals surface area contributed by atoms with Crippen LogP contribution in [0.25, 0.3) is 0 Å². The minimum absolute atomic E-state index is 0.0135. The van der Waals surface area contributed by atoms with Gasteiger partial charge in [-0.1, -0.05) is 13.8 Å². The molecule has 0 aliphatic rings. The van der Waals surface area contributed by atoms with Gasteiger partial charge in [-0.25, -0.2) is 4.98 Å². The molecule has 0 fully saturated rings. The number of hydrogen-bond acceptors (Lipinski definition) is 4. The number of aromatic amines is 1. The Morgan fingerprint density at radius 3 is 3.00 bits per heavy atom. The van der Waals surface area contributed by atoms with E-state index in [1.165, 1.54) is 6.33 Å². The predicted molar refractivity (Wildman–Crippen MR) is 56.0 cm³/mol. The lowest BCUT2D eigenvalue weighted by molar-refractivity contribution is -0.121. The van der Waals surface area contributed by atoms with Crippen LogP contribution in [0.15, 0.2) is 6.33 Å². The summed E-state index contributed by atoms with van der Waals surface area (Å²) in [7, 11) is 0. The molecule has 1 aromatic rings. The molecule has 1 rings (SSSR count). The van der Waals surface area contributed by atoms with Gasteiger partial charge in [0.15, 0.2) is 0 Å². The number of carbonyl (C=O) groups excluding carboxylic acids is 1. The third-order valence-corrected chi connectivity index (χ3v) is 1.82. The van der Waals surface area contributed by atoms with Gasteiger partial charge < -0.3 is 10.6 Å². The molecule has 6 heteroatoms. The molecule has 1 heterocycles. The van der Waals surface area contributed by atoms with Crippen molar-refractivity contribution in [3.05, 3.63) is 12.2 Å². The highest BCUT2D eigenvalue weighted by atomic mass is 16.1. The van der Waals surface area contributed by atoms with Crippen molar-refractivity contribution in [3.8, 4) is 0 Å². The van der Waals surface area contributed by atoms with Crippen molar-refractivity contribution >= 4 is 5.91 Å². The van der Waals surface area contributed by atoms with E-state index in [1.54, 1.807) is 0 Å². The number of hydrogen-bond donors (Lipinski definition) is 3. The molecule has 3 N–H and O–H groups in total. The summed E-state index contributed by atoms with van der Waals surface area (Å²) >= 11 is 0. The van der Waals surface area contributed by atoms with E-state index in [2.05, 4.69) is 25.8 Å².